The van der Waals surface area contributed by atoms with Crippen molar-refractivity contribution in [2.45, 2.75) is 0 Å². The van der Waals surface area contributed by atoms with Crippen molar-refractivity contribution in [2.75, 3.05) is 20.6 Å². The van der Waals surface area contributed by atoms with Crippen molar-refractivity contribution in [3.05, 3.63) is 23.6 Å². The minimum absolute atomic E-state index is 0.0213. The number of hydrogen-bond acceptors (Lipinski definition) is 3. The van der Waals surface area contributed by atoms with E-state index in [1.165, 1.54) is 25.1 Å². The van der Waals surface area contributed by atoms with E-state index in [4.69, 9.17) is 5.11 Å². The molecule has 0 saturated heterocycles. The maximum atomic E-state index is 11.6. The number of aliphatic hydroxyl groups is 1. The molecule has 0 aliphatic carbocycles. The second kappa shape index (κ2) is 4.04. The molecule has 2 N–H and O–H groups in total. The van der Waals surface area contributed by atoms with Crippen LogP contribution in [0.2, 0.25) is 0 Å². The molecule has 0 unspecified atom stereocenters. The molecule has 82 valence electrons. The highest BCUT2D eigenvalue weighted by atomic mass is 16.4. The number of hydrogen-bond donors (Lipinski definition) is 2. The van der Waals surface area contributed by atoms with Crippen molar-refractivity contribution in [3.63, 3.8) is 0 Å². The van der Waals surface area contributed by atoms with E-state index in [2.05, 4.69) is 0 Å². The van der Waals surface area contributed by atoms with Crippen LogP contribution in [0.1, 0.15) is 0 Å². The average Bonchev–Trinajstić information content (AvgIpc) is 2.15. The van der Waals surface area contributed by atoms with E-state index in [9.17, 15) is 14.7 Å². The summed E-state index contributed by atoms with van der Waals surface area (Å²) in [6.07, 6.45) is 1.24. The van der Waals surface area contributed by atoms with Gasteiger partial charge in [-0.05, 0) is 6.08 Å². The van der Waals surface area contributed by atoms with Crippen molar-refractivity contribution in [1.29, 1.82) is 0 Å². The van der Waals surface area contributed by atoms with Crippen molar-refractivity contribution in [3.8, 4) is 0 Å². The van der Waals surface area contributed by atoms with Crippen LogP contribution in [-0.4, -0.2) is 52.7 Å². The lowest BCUT2D eigenvalue weighted by molar-refractivity contribution is -0.126. The first kappa shape index (κ1) is 11.1. The second-order valence-corrected chi connectivity index (χ2v) is 3.25. The molecule has 0 fully saturated rings. The Morgan fingerprint density at radius 3 is 2.53 bits per heavy atom. The summed E-state index contributed by atoms with van der Waals surface area (Å²) in [5.74, 6) is -0.560. The van der Waals surface area contributed by atoms with E-state index >= 15 is 0 Å². The lowest BCUT2D eigenvalue weighted by atomic mass is 10.2. The molecule has 0 saturated carbocycles. The van der Waals surface area contributed by atoms with Crippen molar-refractivity contribution in [2.24, 2.45) is 0 Å². The Morgan fingerprint density at radius 2 is 2.07 bits per heavy atom. The van der Waals surface area contributed by atoms with Crippen molar-refractivity contribution in [1.82, 2.24) is 9.80 Å². The maximum absolute atomic E-state index is 11.6. The van der Waals surface area contributed by atoms with Gasteiger partial charge in [0.25, 0.3) is 5.91 Å². The zero-order valence-electron chi connectivity index (χ0n) is 8.47. The molecule has 1 heterocycles. The second-order valence-electron chi connectivity index (χ2n) is 3.25. The third-order valence-corrected chi connectivity index (χ3v) is 1.91. The molecule has 6 heteroatoms. The van der Waals surface area contributed by atoms with Crippen LogP contribution in [0, 0.1) is 0 Å². The molecule has 15 heavy (non-hydrogen) atoms. The molecule has 0 spiro atoms. The Bertz CT molecular complexity index is 357. The van der Waals surface area contributed by atoms with Crippen LogP contribution < -0.4 is 0 Å². The third kappa shape index (κ3) is 2.28. The van der Waals surface area contributed by atoms with Gasteiger partial charge in [0.15, 0.2) is 0 Å². The number of aliphatic hydroxyl groups excluding tert-OH is 1. The predicted molar refractivity (Wildman–Crippen MR) is 52.2 cm³/mol. The van der Waals surface area contributed by atoms with E-state index in [1.54, 1.807) is 0 Å². The number of nitrogens with zero attached hydrogens (tertiary/aromatic N) is 2. The summed E-state index contributed by atoms with van der Waals surface area (Å²) in [7, 11) is 3.02. The van der Waals surface area contributed by atoms with Crippen LogP contribution in [0.3, 0.4) is 0 Å². The van der Waals surface area contributed by atoms with Gasteiger partial charge in [0.2, 0.25) is 0 Å². The summed E-state index contributed by atoms with van der Waals surface area (Å²) in [6, 6.07) is 0. The summed E-state index contributed by atoms with van der Waals surface area (Å²) in [5.41, 5.74) is -0.0486. The average molecular weight is 212 g/mol. The fourth-order valence-electron chi connectivity index (χ4n) is 1.15. The van der Waals surface area contributed by atoms with Gasteiger partial charge in [-0.25, -0.2) is 4.79 Å². The molecule has 0 bridgehead atoms. The van der Waals surface area contributed by atoms with Gasteiger partial charge in [-0.1, -0.05) is 0 Å². The molecule has 0 aromatic heterocycles. The first-order valence-corrected chi connectivity index (χ1v) is 4.26. The molecule has 1 aliphatic heterocycles. The zero-order chi connectivity index (χ0) is 11.6. The van der Waals surface area contributed by atoms with E-state index in [1.807, 2.05) is 0 Å². The Kier molecular flexibility index (Phi) is 2.99. The van der Waals surface area contributed by atoms with Crippen LogP contribution in [0.5, 0.6) is 0 Å². The normalized spacial score (nSPS) is 15.5. The highest BCUT2D eigenvalue weighted by Gasteiger charge is 2.26. The van der Waals surface area contributed by atoms with Crippen LogP contribution >= 0.6 is 0 Å². The predicted octanol–water partition coefficient (Wildman–Crippen LogP) is 0.394. The summed E-state index contributed by atoms with van der Waals surface area (Å²) in [6.45, 7) is -0.0213. The topological polar surface area (TPSA) is 81.1 Å². The fourth-order valence-corrected chi connectivity index (χ4v) is 1.15. The maximum Gasteiger partial charge on any atom is 0.412 e. The van der Waals surface area contributed by atoms with E-state index in [-0.39, 0.29) is 18.0 Å². The SMILES string of the molecule is CN(C)C(=O)C1=CC(O)=CCN1C(=O)O. The quantitative estimate of drug-likeness (QED) is 0.659. The Labute approximate surface area is 86.7 Å². The Balaban J connectivity index is 3.03. The van der Waals surface area contributed by atoms with E-state index in [0.29, 0.717) is 0 Å². The lowest BCUT2D eigenvalue weighted by Crippen LogP contribution is -2.39. The Morgan fingerprint density at radius 1 is 1.47 bits per heavy atom. The molecular formula is C9H12N2O4. The van der Waals surface area contributed by atoms with Gasteiger partial charge in [-0.3, -0.25) is 9.69 Å². The van der Waals surface area contributed by atoms with Crippen LogP contribution in [0.25, 0.3) is 0 Å². The van der Waals surface area contributed by atoms with Gasteiger partial charge in [0.05, 0.1) is 6.54 Å². The number of amides is 2. The highest BCUT2D eigenvalue weighted by molar-refractivity contribution is 5.96. The molecule has 1 aliphatic rings. The molecule has 6 nitrogen and oxygen atoms in total. The molecule has 0 atom stereocenters. The molecule has 2 amide bonds. The molecule has 0 aromatic rings. The zero-order valence-corrected chi connectivity index (χ0v) is 8.47. The monoisotopic (exact) mass is 212 g/mol. The highest BCUT2D eigenvalue weighted by Crippen LogP contribution is 2.15. The van der Waals surface area contributed by atoms with Gasteiger partial charge in [-0.15, -0.1) is 0 Å². The van der Waals surface area contributed by atoms with Crippen molar-refractivity contribution < 1.29 is 19.8 Å². The molecule has 0 radical (unpaired) electrons. The number of rotatable bonds is 1. The fraction of sp³-hybridized carbons (Fsp3) is 0.333. The summed E-state index contributed by atoms with van der Waals surface area (Å²) in [4.78, 5) is 24.5. The number of carbonyl (C=O) groups is 2. The van der Waals surface area contributed by atoms with Crippen LogP contribution in [0.15, 0.2) is 23.6 Å². The summed E-state index contributed by atoms with van der Waals surface area (Å²) >= 11 is 0. The smallest absolute Gasteiger partial charge is 0.412 e. The van der Waals surface area contributed by atoms with Crippen LogP contribution in [-0.2, 0) is 4.79 Å². The standard InChI is InChI=1S/C9H12N2O4/c1-10(2)8(13)7-5-6(12)3-4-11(7)9(14)15/h3,5,12H,4H2,1-2H3,(H,14,15). The first-order chi connectivity index (χ1) is 6.93. The molecule has 0 aromatic carbocycles. The first-order valence-electron chi connectivity index (χ1n) is 4.26. The minimum atomic E-state index is -1.22. The summed E-state index contributed by atoms with van der Waals surface area (Å²) in [5, 5.41) is 18.0. The van der Waals surface area contributed by atoms with Gasteiger partial charge in [0.1, 0.15) is 11.5 Å². The van der Waals surface area contributed by atoms with E-state index in [0.717, 1.165) is 11.0 Å². The minimum Gasteiger partial charge on any atom is -0.508 e. The largest absolute Gasteiger partial charge is 0.508 e. The number of allylic oxidation sites excluding steroid dienone is 1. The number of carboxylic acid groups (broad SMARTS) is 1. The lowest BCUT2D eigenvalue weighted by Gasteiger charge is -2.25. The van der Waals surface area contributed by atoms with E-state index < -0.39 is 12.0 Å². The molecule has 1 rings (SSSR count). The Hall–Kier alpha value is -1.98. The van der Waals surface area contributed by atoms with Gasteiger partial charge >= 0.3 is 6.09 Å². The van der Waals surface area contributed by atoms with Gasteiger partial charge in [0, 0.05) is 20.2 Å². The van der Waals surface area contributed by atoms with Crippen LogP contribution in [0.4, 0.5) is 4.79 Å². The third-order valence-electron chi connectivity index (χ3n) is 1.91. The number of likely N-dealkylation sites (N-methyl/N-ethyl adjacent to an activating group) is 1. The van der Waals surface area contributed by atoms with Crippen molar-refractivity contribution >= 4 is 12.0 Å². The molecular weight excluding hydrogens is 200 g/mol. The van der Waals surface area contributed by atoms with Gasteiger partial charge in [-0.2, -0.15) is 0 Å². The number of carbonyl (C=O) groups excluding carboxylic acids is 1. The van der Waals surface area contributed by atoms with Gasteiger partial charge < -0.3 is 15.1 Å². The summed E-state index contributed by atoms with van der Waals surface area (Å²) < 4.78 is 0.